The van der Waals surface area contributed by atoms with Gasteiger partial charge in [0.25, 0.3) is 21.5 Å². The Balaban J connectivity index is 1.72. The molecule has 2 heterocycles. The van der Waals surface area contributed by atoms with E-state index in [9.17, 15) is 18.0 Å². The van der Waals surface area contributed by atoms with Crippen LogP contribution in [0.1, 0.15) is 49.2 Å². The van der Waals surface area contributed by atoms with E-state index in [2.05, 4.69) is 0 Å². The molecule has 3 aromatic rings. The number of rotatable bonds is 5. The monoisotopic (exact) mass is 496 g/mol. The maximum absolute atomic E-state index is 13.6. The molecule has 35 heavy (non-hydrogen) atoms. The van der Waals surface area contributed by atoms with E-state index in [0.717, 1.165) is 23.6 Å². The quantitative estimate of drug-likeness (QED) is 0.539. The number of hydrogen-bond donors (Lipinski definition) is 0. The predicted octanol–water partition coefficient (Wildman–Crippen LogP) is 3.71. The normalized spacial score (nSPS) is 18.5. The first-order valence-corrected chi connectivity index (χ1v) is 13.3. The highest BCUT2D eigenvalue weighted by atomic mass is 32.2. The lowest BCUT2D eigenvalue weighted by molar-refractivity contribution is 0.0510. The third-order valence-corrected chi connectivity index (χ3v) is 8.76. The highest BCUT2D eigenvalue weighted by Crippen LogP contribution is 2.27. The van der Waals surface area contributed by atoms with Crippen molar-refractivity contribution in [2.45, 2.75) is 57.0 Å². The van der Waals surface area contributed by atoms with Crippen molar-refractivity contribution in [2.24, 2.45) is 7.05 Å². The van der Waals surface area contributed by atoms with Gasteiger partial charge in [-0.1, -0.05) is 24.3 Å². The number of carbonyl (C=O) groups is 1. The zero-order valence-electron chi connectivity index (χ0n) is 20.8. The summed E-state index contributed by atoms with van der Waals surface area (Å²) in [4.78, 5) is 28.5. The molecule has 4 rings (SSSR count). The minimum absolute atomic E-state index is 0.0305. The molecule has 0 spiro atoms. The summed E-state index contributed by atoms with van der Waals surface area (Å²) in [5.74, 6) is -0.174. The lowest BCUT2D eigenvalue weighted by Crippen LogP contribution is -2.47. The molecule has 1 amide bonds. The molecule has 186 valence electrons. The van der Waals surface area contributed by atoms with Gasteiger partial charge in [0.15, 0.2) is 0 Å². The number of nitrogens with zero attached hydrogens (tertiary/aromatic N) is 4. The maximum atomic E-state index is 13.6. The van der Waals surface area contributed by atoms with Crippen LogP contribution in [0.3, 0.4) is 0 Å². The summed E-state index contributed by atoms with van der Waals surface area (Å²) in [6, 6.07) is 15.3. The molecule has 1 saturated heterocycles. The minimum atomic E-state index is -4.10. The first-order valence-electron chi connectivity index (χ1n) is 11.8. The molecule has 0 N–H and O–H groups in total. The molecule has 0 aliphatic carbocycles. The fourth-order valence-corrected chi connectivity index (χ4v) is 6.25. The van der Waals surface area contributed by atoms with Crippen molar-refractivity contribution in [3.63, 3.8) is 0 Å². The number of anilines is 1. The van der Waals surface area contributed by atoms with Crippen LogP contribution in [0.4, 0.5) is 5.69 Å². The van der Waals surface area contributed by atoms with E-state index in [0.29, 0.717) is 16.9 Å². The number of likely N-dealkylation sites (tertiary alicyclic amines) is 1. The SMILES string of the molecule is Cc1c(N(C)S(=O)(=O)c2cccc(C(=O)N3C(C)CCCC3C)c2)c(=O)n(-c2ccccc2)n1C. The largest absolute Gasteiger partial charge is 0.333 e. The molecule has 1 aliphatic rings. The summed E-state index contributed by atoms with van der Waals surface area (Å²) in [5, 5.41) is 0. The molecule has 8 nitrogen and oxygen atoms in total. The Kier molecular flexibility index (Phi) is 6.64. The zero-order chi connectivity index (χ0) is 25.5. The Labute approximate surface area is 206 Å². The zero-order valence-corrected chi connectivity index (χ0v) is 21.6. The number of carbonyl (C=O) groups excluding carboxylic acids is 1. The van der Waals surface area contributed by atoms with Crippen molar-refractivity contribution in [3.05, 3.63) is 76.2 Å². The van der Waals surface area contributed by atoms with Crippen molar-refractivity contribution in [2.75, 3.05) is 11.4 Å². The number of para-hydroxylation sites is 1. The van der Waals surface area contributed by atoms with Crippen molar-refractivity contribution in [1.29, 1.82) is 0 Å². The van der Waals surface area contributed by atoms with Gasteiger partial charge in [-0.3, -0.25) is 18.6 Å². The molecule has 0 saturated carbocycles. The summed E-state index contributed by atoms with van der Waals surface area (Å²) >= 11 is 0. The number of aromatic nitrogens is 2. The number of sulfonamides is 1. The first-order chi connectivity index (χ1) is 16.6. The van der Waals surface area contributed by atoms with Crippen molar-refractivity contribution < 1.29 is 13.2 Å². The summed E-state index contributed by atoms with van der Waals surface area (Å²) in [6.07, 6.45) is 2.93. The van der Waals surface area contributed by atoms with Gasteiger partial charge in [-0.2, -0.15) is 0 Å². The summed E-state index contributed by atoms with van der Waals surface area (Å²) in [5.41, 5.74) is 1.09. The van der Waals surface area contributed by atoms with Crippen LogP contribution >= 0.6 is 0 Å². The van der Waals surface area contributed by atoms with Gasteiger partial charge >= 0.3 is 0 Å². The second-order valence-electron chi connectivity index (χ2n) is 9.25. The van der Waals surface area contributed by atoms with Crippen LogP contribution < -0.4 is 9.86 Å². The van der Waals surface area contributed by atoms with Crippen LogP contribution in [0.2, 0.25) is 0 Å². The van der Waals surface area contributed by atoms with Crippen LogP contribution in [-0.2, 0) is 17.1 Å². The van der Waals surface area contributed by atoms with Gasteiger partial charge in [-0.15, -0.1) is 0 Å². The second kappa shape index (κ2) is 9.37. The van der Waals surface area contributed by atoms with Crippen LogP contribution in [0.15, 0.2) is 64.3 Å². The van der Waals surface area contributed by atoms with Crippen LogP contribution in [0.25, 0.3) is 5.69 Å². The molecule has 2 aromatic carbocycles. The van der Waals surface area contributed by atoms with Crippen molar-refractivity contribution in [1.82, 2.24) is 14.3 Å². The van der Waals surface area contributed by atoms with Crippen LogP contribution in [0.5, 0.6) is 0 Å². The fraction of sp³-hybridized carbons (Fsp3) is 0.385. The second-order valence-corrected chi connectivity index (χ2v) is 11.2. The highest BCUT2D eigenvalue weighted by molar-refractivity contribution is 7.92. The minimum Gasteiger partial charge on any atom is -0.333 e. The van der Waals surface area contributed by atoms with Crippen LogP contribution in [0, 0.1) is 6.92 Å². The predicted molar refractivity (Wildman–Crippen MR) is 137 cm³/mol. The number of piperidine rings is 1. The third-order valence-electron chi connectivity index (χ3n) is 7.01. The van der Waals surface area contributed by atoms with Crippen molar-refractivity contribution in [3.8, 4) is 5.69 Å². The Hall–Kier alpha value is -3.33. The molecular formula is C26H32N4O4S. The highest BCUT2D eigenvalue weighted by Gasteiger charge is 2.32. The molecule has 1 aliphatic heterocycles. The Bertz CT molecular complexity index is 1400. The topological polar surface area (TPSA) is 84.6 Å². The molecule has 0 radical (unpaired) electrons. The molecule has 2 unspecified atom stereocenters. The van der Waals surface area contributed by atoms with Gasteiger partial charge in [0.1, 0.15) is 5.69 Å². The van der Waals surface area contributed by atoms with Gasteiger partial charge in [0.2, 0.25) is 0 Å². The summed E-state index contributed by atoms with van der Waals surface area (Å²) in [7, 11) is -1.01. The third kappa shape index (κ3) is 4.29. The molecule has 2 atom stereocenters. The van der Waals surface area contributed by atoms with Gasteiger partial charge in [0.05, 0.1) is 16.3 Å². The molecule has 0 bridgehead atoms. The average molecular weight is 497 g/mol. The lowest BCUT2D eigenvalue weighted by Gasteiger charge is -2.39. The average Bonchev–Trinajstić information content (AvgIpc) is 3.06. The summed E-state index contributed by atoms with van der Waals surface area (Å²) < 4.78 is 31.3. The van der Waals surface area contributed by atoms with E-state index in [4.69, 9.17) is 0 Å². The number of amides is 1. The van der Waals surface area contributed by atoms with E-state index >= 15 is 0 Å². The number of benzene rings is 2. The van der Waals surface area contributed by atoms with Crippen LogP contribution in [-0.4, -0.2) is 47.7 Å². The summed E-state index contributed by atoms with van der Waals surface area (Å²) in [6.45, 7) is 5.76. The first kappa shape index (κ1) is 24.8. The Morgan fingerprint density at radius 3 is 2.26 bits per heavy atom. The molecule has 1 fully saturated rings. The fourth-order valence-electron chi connectivity index (χ4n) is 4.96. The molecule has 9 heteroatoms. The molecular weight excluding hydrogens is 464 g/mol. The maximum Gasteiger partial charge on any atom is 0.296 e. The molecule has 1 aromatic heterocycles. The van der Waals surface area contributed by atoms with Gasteiger partial charge in [-0.05, 0) is 70.4 Å². The Morgan fingerprint density at radius 1 is 1.00 bits per heavy atom. The van der Waals surface area contributed by atoms with E-state index in [1.165, 1.54) is 23.9 Å². The van der Waals surface area contributed by atoms with E-state index in [1.807, 2.05) is 36.9 Å². The lowest BCUT2D eigenvalue weighted by atomic mass is 9.96. The van der Waals surface area contributed by atoms with E-state index in [1.54, 1.807) is 42.9 Å². The number of hydrogen-bond acceptors (Lipinski definition) is 4. The van der Waals surface area contributed by atoms with E-state index in [-0.39, 0.29) is 28.6 Å². The van der Waals surface area contributed by atoms with E-state index < -0.39 is 15.6 Å². The standard InChI is InChI=1S/C26H32N4O4S/c1-18-11-9-12-19(2)29(18)25(31)21-13-10-16-23(17-21)35(33,34)28(5)24-20(3)27(4)30(26(24)32)22-14-7-6-8-15-22/h6-8,10,13-19H,9,11-12H2,1-5H3. The van der Waals surface area contributed by atoms with Gasteiger partial charge in [0, 0.05) is 31.7 Å². The van der Waals surface area contributed by atoms with Crippen molar-refractivity contribution >= 4 is 21.6 Å². The van der Waals surface area contributed by atoms with Gasteiger partial charge < -0.3 is 4.90 Å². The van der Waals surface area contributed by atoms with Gasteiger partial charge in [-0.25, -0.2) is 13.1 Å². The Morgan fingerprint density at radius 2 is 1.63 bits per heavy atom. The smallest absolute Gasteiger partial charge is 0.296 e.